The zero-order valence-electron chi connectivity index (χ0n) is 20.4. The Balaban J connectivity index is 1.16. The molecule has 1 atom stereocenters. The molecule has 4 rings (SSSR count). The summed E-state index contributed by atoms with van der Waals surface area (Å²) in [6.07, 6.45) is 5.42. The number of likely N-dealkylation sites (tertiary alicyclic amines) is 1. The highest BCUT2D eigenvalue weighted by molar-refractivity contribution is 5.76. The number of carbonyl (C=O) groups excluding carboxylic acids is 1. The number of nitrogens with zero attached hydrogens (tertiary/aromatic N) is 4. The Morgan fingerprint density at radius 1 is 1.00 bits per heavy atom. The number of aromatic nitrogens is 1. The van der Waals surface area contributed by atoms with E-state index in [1.807, 2.05) is 49.5 Å². The Kier molecular flexibility index (Phi) is 9.02. The van der Waals surface area contributed by atoms with Crippen molar-refractivity contribution in [2.24, 2.45) is 5.92 Å². The van der Waals surface area contributed by atoms with E-state index in [9.17, 15) is 4.79 Å². The van der Waals surface area contributed by atoms with Gasteiger partial charge in [-0.2, -0.15) is 0 Å². The van der Waals surface area contributed by atoms with Crippen LogP contribution in [0, 0.1) is 5.92 Å². The summed E-state index contributed by atoms with van der Waals surface area (Å²) in [7, 11) is 0. The Hall–Kier alpha value is -2.80. The van der Waals surface area contributed by atoms with E-state index in [1.165, 1.54) is 6.42 Å². The maximum absolute atomic E-state index is 12.8. The number of pyridine rings is 1. The molecule has 0 aliphatic carbocycles. The Bertz CT molecular complexity index is 886. The van der Waals surface area contributed by atoms with E-state index in [2.05, 4.69) is 25.8 Å². The zero-order chi connectivity index (χ0) is 23.6. The molecule has 1 aromatic heterocycles. The molecule has 7 nitrogen and oxygen atoms in total. The predicted octanol–water partition coefficient (Wildman–Crippen LogP) is 3.70. The fraction of sp³-hybridized carbons (Fsp3) is 0.556. The summed E-state index contributed by atoms with van der Waals surface area (Å²) in [5.41, 5.74) is 0. The number of rotatable bonds is 10. The van der Waals surface area contributed by atoms with Gasteiger partial charge in [-0.05, 0) is 56.4 Å². The number of benzene rings is 1. The molecule has 2 saturated heterocycles. The number of ether oxygens (including phenoxy) is 2. The zero-order valence-corrected chi connectivity index (χ0v) is 20.4. The van der Waals surface area contributed by atoms with Gasteiger partial charge in [-0.25, -0.2) is 4.98 Å². The molecular formula is C27H38N4O3. The van der Waals surface area contributed by atoms with Gasteiger partial charge in [0.2, 0.25) is 5.91 Å². The summed E-state index contributed by atoms with van der Waals surface area (Å²) in [5.74, 6) is 3.40. The summed E-state index contributed by atoms with van der Waals surface area (Å²) in [6, 6.07) is 13.8. The molecule has 34 heavy (non-hydrogen) atoms. The maximum Gasteiger partial charge on any atom is 0.222 e. The minimum absolute atomic E-state index is 0.256. The lowest BCUT2D eigenvalue weighted by atomic mass is 9.96. The minimum Gasteiger partial charge on any atom is -0.490 e. The van der Waals surface area contributed by atoms with Crippen molar-refractivity contribution in [3.63, 3.8) is 0 Å². The monoisotopic (exact) mass is 466 g/mol. The van der Waals surface area contributed by atoms with Gasteiger partial charge < -0.3 is 19.3 Å². The highest BCUT2D eigenvalue weighted by Gasteiger charge is 2.26. The maximum atomic E-state index is 12.8. The lowest BCUT2D eigenvalue weighted by molar-refractivity contribution is -0.133. The third-order valence-corrected chi connectivity index (χ3v) is 6.68. The smallest absolute Gasteiger partial charge is 0.222 e. The topological polar surface area (TPSA) is 58.1 Å². The second-order valence-electron chi connectivity index (χ2n) is 9.16. The van der Waals surface area contributed by atoms with E-state index in [0.29, 0.717) is 25.6 Å². The Morgan fingerprint density at radius 2 is 1.76 bits per heavy atom. The summed E-state index contributed by atoms with van der Waals surface area (Å²) < 4.78 is 11.5. The molecule has 184 valence electrons. The van der Waals surface area contributed by atoms with E-state index in [1.54, 1.807) is 0 Å². The van der Waals surface area contributed by atoms with Crippen molar-refractivity contribution >= 4 is 11.7 Å². The van der Waals surface area contributed by atoms with E-state index < -0.39 is 0 Å². The van der Waals surface area contributed by atoms with Gasteiger partial charge >= 0.3 is 0 Å². The minimum atomic E-state index is 0.256. The molecule has 0 radical (unpaired) electrons. The van der Waals surface area contributed by atoms with Crippen LogP contribution in [0.1, 0.15) is 32.6 Å². The second-order valence-corrected chi connectivity index (χ2v) is 9.16. The normalized spacial score (nSPS) is 19.1. The van der Waals surface area contributed by atoms with Gasteiger partial charge in [0.1, 0.15) is 5.82 Å². The van der Waals surface area contributed by atoms with Crippen molar-refractivity contribution in [1.82, 2.24) is 14.8 Å². The van der Waals surface area contributed by atoms with Crippen LogP contribution in [0.3, 0.4) is 0 Å². The predicted molar refractivity (Wildman–Crippen MR) is 135 cm³/mol. The lowest BCUT2D eigenvalue weighted by Crippen LogP contribution is -2.50. The molecule has 2 aliphatic rings. The fourth-order valence-electron chi connectivity index (χ4n) is 4.91. The van der Waals surface area contributed by atoms with Crippen LogP contribution in [-0.2, 0) is 4.79 Å². The molecule has 0 spiro atoms. The SMILES string of the molecule is CCOc1ccccc1OCCCC(=O)N1CCC[C@@H](CN2CCN(c3ccccn3)CC2)C1. The molecule has 2 aromatic rings. The third-order valence-electron chi connectivity index (χ3n) is 6.68. The molecule has 2 aliphatic heterocycles. The Labute approximate surface area is 203 Å². The number of amides is 1. The van der Waals surface area contributed by atoms with Gasteiger partial charge in [0.25, 0.3) is 0 Å². The first kappa shape index (κ1) is 24.3. The molecule has 1 amide bonds. The second kappa shape index (κ2) is 12.6. The van der Waals surface area contributed by atoms with Crippen molar-refractivity contribution < 1.29 is 14.3 Å². The van der Waals surface area contributed by atoms with Crippen molar-refractivity contribution in [1.29, 1.82) is 0 Å². The summed E-state index contributed by atoms with van der Waals surface area (Å²) in [4.78, 5) is 24.3. The summed E-state index contributed by atoms with van der Waals surface area (Å²) in [5, 5.41) is 0. The molecule has 0 bridgehead atoms. The average molecular weight is 467 g/mol. The summed E-state index contributed by atoms with van der Waals surface area (Å²) >= 11 is 0. The molecule has 3 heterocycles. The van der Waals surface area contributed by atoms with Crippen molar-refractivity contribution in [2.75, 3.05) is 63.9 Å². The number of anilines is 1. The molecule has 0 unspecified atom stereocenters. The van der Waals surface area contributed by atoms with Crippen LogP contribution in [-0.4, -0.2) is 79.7 Å². The molecule has 1 aromatic carbocycles. The van der Waals surface area contributed by atoms with Gasteiger partial charge in [0.15, 0.2) is 11.5 Å². The summed E-state index contributed by atoms with van der Waals surface area (Å²) in [6.45, 7) is 10.1. The fourth-order valence-corrected chi connectivity index (χ4v) is 4.91. The van der Waals surface area contributed by atoms with Gasteiger partial charge in [0.05, 0.1) is 13.2 Å². The number of hydrogen-bond acceptors (Lipinski definition) is 6. The van der Waals surface area contributed by atoms with Crippen LogP contribution in [0.15, 0.2) is 48.7 Å². The highest BCUT2D eigenvalue weighted by Crippen LogP contribution is 2.26. The lowest BCUT2D eigenvalue weighted by Gasteiger charge is -2.39. The number of para-hydroxylation sites is 2. The van der Waals surface area contributed by atoms with E-state index in [0.717, 1.165) is 76.0 Å². The van der Waals surface area contributed by atoms with Gasteiger partial charge in [-0.1, -0.05) is 18.2 Å². The number of piperidine rings is 1. The van der Waals surface area contributed by atoms with Gasteiger partial charge in [0, 0.05) is 58.4 Å². The highest BCUT2D eigenvalue weighted by atomic mass is 16.5. The Morgan fingerprint density at radius 3 is 2.50 bits per heavy atom. The first-order valence-electron chi connectivity index (χ1n) is 12.7. The first-order valence-corrected chi connectivity index (χ1v) is 12.7. The van der Waals surface area contributed by atoms with Crippen LogP contribution >= 0.6 is 0 Å². The van der Waals surface area contributed by atoms with Gasteiger partial charge in [-0.3, -0.25) is 9.69 Å². The standard InChI is InChI=1S/C27H38N4O3/c1-2-33-24-10-3-4-11-25(24)34-20-8-13-27(32)31-15-7-9-23(22-31)21-29-16-18-30(19-17-29)26-12-5-6-14-28-26/h3-6,10-12,14,23H,2,7-9,13,15-22H2,1H3/t23-/m0/s1. The first-order chi connectivity index (χ1) is 16.7. The largest absolute Gasteiger partial charge is 0.490 e. The molecule has 7 heteroatoms. The van der Waals surface area contributed by atoms with E-state index in [4.69, 9.17) is 9.47 Å². The van der Waals surface area contributed by atoms with E-state index >= 15 is 0 Å². The van der Waals surface area contributed by atoms with Crippen LogP contribution in [0.5, 0.6) is 11.5 Å². The molecule has 0 N–H and O–H groups in total. The van der Waals surface area contributed by atoms with Crippen LogP contribution < -0.4 is 14.4 Å². The average Bonchev–Trinajstić information content (AvgIpc) is 2.89. The molecular weight excluding hydrogens is 428 g/mol. The quantitative estimate of drug-likeness (QED) is 0.498. The van der Waals surface area contributed by atoms with Crippen molar-refractivity contribution in [3.05, 3.63) is 48.7 Å². The van der Waals surface area contributed by atoms with E-state index in [-0.39, 0.29) is 5.91 Å². The van der Waals surface area contributed by atoms with Crippen molar-refractivity contribution in [3.8, 4) is 11.5 Å². The number of carbonyl (C=O) groups is 1. The third kappa shape index (κ3) is 6.86. The van der Waals surface area contributed by atoms with Crippen LogP contribution in [0.2, 0.25) is 0 Å². The number of piperazine rings is 1. The number of hydrogen-bond donors (Lipinski definition) is 0. The van der Waals surface area contributed by atoms with Crippen LogP contribution in [0.4, 0.5) is 5.82 Å². The van der Waals surface area contributed by atoms with Gasteiger partial charge in [-0.15, -0.1) is 0 Å². The molecule has 2 fully saturated rings. The molecule has 0 saturated carbocycles. The van der Waals surface area contributed by atoms with Crippen molar-refractivity contribution in [2.45, 2.75) is 32.6 Å². The van der Waals surface area contributed by atoms with Crippen LogP contribution in [0.25, 0.3) is 0 Å².